The number of aliphatic hydroxyl groups excluding tert-OH is 1. The number of hydrogen-bond acceptors (Lipinski definition) is 2. The number of benzene rings is 2. The van der Waals surface area contributed by atoms with Crippen LogP contribution in [0.25, 0.3) is 0 Å². The molecule has 0 aliphatic rings. The van der Waals surface area contributed by atoms with Gasteiger partial charge in [-0.3, -0.25) is 0 Å². The minimum Gasteiger partial charge on any atom is -0.453 e. The first-order valence-corrected chi connectivity index (χ1v) is 6.82. The van der Waals surface area contributed by atoms with Crippen LogP contribution in [-0.4, -0.2) is 5.11 Å². The van der Waals surface area contributed by atoms with Gasteiger partial charge in [0.2, 0.25) is 0 Å². The van der Waals surface area contributed by atoms with Gasteiger partial charge in [0.05, 0.1) is 21.2 Å². The molecule has 20 heavy (non-hydrogen) atoms. The van der Waals surface area contributed by atoms with Crippen molar-refractivity contribution in [2.24, 2.45) is 0 Å². The first-order chi connectivity index (χ1) is 9.38. The maximum absolute atomic E-state index is 13.9. The Hall–Kier alpha value is -1.000. The molecule has 2 nitrogen and oxygen atoms in total. The average Bonchev–Trinajstić information content (AvgIpc) is 2.37. The molecule has 2 aromatic carbocycles. The second kappa shape index (κ2) is 6.19. The van der Waals surface area contributed by atoms with Crippen molar-refractivity contribution in [1.29, 1.82) is 0 Å². The maximum Gasteiger partial charge on any atom is 0.166 e. The normalized spacial score (nSPS) is 12.3. The molecular formula is C14H10Cl3FO2. The van der Waals surface area contributed by atoms with Gasteiger partial charge in [-0.2, -0.15) is 0 Å². The molecule has 1 unspecified atom stereocenters. The Bertz CT molecular complexity index is 645. The van der Waals surface area contributed by atoms with Crippen molar-refractivity contribution in [3.63, 3.8) is 0 Å². The Morgan fingerprint density at radius 3 is 2.25 bits per heavy atom. The van der Waals surface area contributed by atoms with E-state index in [1.54, 1.807) is 13.0 Å². The zero-order valence-corrected chi connectivity index (χ0v) is 12.6. The molecule has 0 amide bonds. The van der Waals surface area contributed by atoms with Gasteiger partial charge in [0.15, 0.2) is 11.6 Å². The average molecular weight is 336 g/mol. The predicted octanol–water partition coefficient (Wildman–Crippen LogP) is 5.63. The fourth-order valence-corrected chi connectivity index (χ4v) is 2.14. The van der Waals surface area contributed by atoms with Gasteiger partial charge < -0.3 is 9.84 Å². The summed E-state index contributed by atoms with van der Waals surface area (Å²) in [6.07, 6.45) is -0.757. The Kier molecular flexibility index (Phi) is 4.76. The third-order valence-electron chi connectivity index (χ3n) is 2.63. The molecule has 0 fully saturated rings. The van der Waals surface area contributed by atoms with Crippen molar-refractivity contribution in [3.8, 4) is 11.5 Å². The van der Waals surface area contributed by atoms with Gasteiger partial charge >= 0.3 is 0 Å². The van der Waals surface area contributed by atoms with Crippen molar-refractivity contribution in [2.75, 3.05) is 0 Å². The molecule has 0 heterocycles. The quantitative estimate of drug-likeness (QED) is 0.736. The molecule has 6 heteroatoms. The lowest BCUT2D eigenvalue weighted by molar-refractivity contribution is 0.198. The van der Waals surface area contributed by atoms with Gasteiger partial charge in [0, 0.05) is 6.07 Å². The summed E-state index contributed by atoms with van der Waals surface area (Å²) in [5.74, 6) is -0.426. The van der Waals surface area contributed by atoms with Crippen LogP contribution in [-0.2, 0) is 0 Å². The van der Waals surface area contributed by atoms with Crippen LogP contribution in [0.5, 0.6) is 11.5 Å². The summed E-state index contributed by atoms with van der Waals surface area (Å²) in [5, 5.41) is 10.1. The van der Waals surface area contributed by atoms with E-state index in [2.05, 4.69) is 0 Å². The first-order valence-electron chi connectivity index (χ1n) is 5.68. The SMILES string of the molecule is CC(O)c1ccc(Oc2cc(Cl)c(Cl)cc2Cl)c(F)c1. The molecule has 0 aliphatic heterocycles. The van der Waals surface area contributed by atoms with Gasteiger partial charge in [-0.15, -0.1) is 0 Å². The standard InChI is InChI=1S/C14H10Cl3FO2/c1-7(19)8-2-3-13(12(18)4-8)20-14-6-10(16)9(15)5-11(14)17/h2-7,19H,1H3. The minimum atomic E-state index is -0.757. The molecule has 2 aromatic rings. The summed E-state index contributed by atoms with van der Waals surface area (Å²) in [6, 6.07) is 7.01. The highest BCUT2D eigenvalue weighted by Gasteiger charge is 2.12. The molecule has 0 spiro atoms. The van der Waals surface area contributed by atoms with Crippen LogP contribution in [0, 0.1) is 5.82 Å². The van der Waals surface area contributed by atoms with Crippen LogP contribution in [0.3, 0.4) is 0 Å². The second-order valence-corrected chi connectivity index (χ2v) is 5.39. The summed E-state index contributed by atoms with van der Waals surface area (Å²) >= 11 is 17.6. The third-order valence-corrected chi connectivity index (χ3v) is 3.65. The highest BCUT2D eigenvalue weighted by molar-refractivity contribution is 6.43. The molecule has 0 aliphatic carbocycles. The Labute approximate surface area is 130 Å². The largest absolute Gasteiger partial charge is 0.453 e. The summed E-state index contributed by atoms with van der Waals surface area (Å²) < 4.78 is 19.2. The van der Waals surface area contributed by atoms with Crippen LogP contribution >= 0.6 is 34.8 Å². The summed E-state index contributed by atoms with van der Waals surface area (Å²) in [5.41, 5.74) is 0.454. The van der Waals surface area contributed by atoms with Gasteiger partial charge in [0.1, 0.15) is 5.75 Å². The number of halogens is 4. The van der Waals surface area contributed by atoms with Crippen molar-refractivity contribution in [2.45, 2.75) is 13.0 Å². The summed E-state index contributed by atoms with van der Waals surface area (Å²) in [7, 11) is 0. The molecule has 2 rings (SSSR count). The molecule has 0 aromatic heterocycles. The molecule has 1 atom stereocenters. The van der Waals surface area contributed by atoms with E-state index in [-0.39, 0.29) is 26.6 Å². The highest BCUT2D eigenvalue weighted by Crippen LogP contribution is 2.37. The summed E-state index contributed by atoms with van der Waals surface area (Å²) in [6.45, 7) is 1.55. The van der Waals surface area contributed by atoms with E-state index in [0.717, 1.165) is 0 Å². The van der Waals surface area contributed by atoms with E-state index < -0.39 is 11.9 Å². The van der Waals surface area contributed by atoms with E-state index >= 15 is 0 Å². The molecular weight excluding hydrogens is 326 g/mol. The molecule has 1 N–H and O–H groups in total. The Morgan fingerprint density at radius 2 is 1.65 bits per heavy atom. The van der Waals surface area contributed by atoms with E-state index in [4.69, 9.17) is 39.5 Å². The lowest BCUT2D eigenvalue weighted by Gasteiger charge is -2.11. The fourth-order valence-electron chi connectivity index (χ4n) is 1.56. The topological polar surface area (TPSA) is 29.5 Å². The van der Waals surface area contributed by atoms with Crippen molar-refractivity contribution < 1.29 is 14.2 Å². The van der Waals surface area contributed by atoms with Gasteiger partial charge in [-0.25, -0.2) is 4.39 Å². The summed E-state index contributed by atoms with van der Waals surface area (Å²) in [4.78, 5) is 0. The zero-order valence-electron chi connectivity index (χ0n) is 10.3. The van der Waals surface area contributed by atoms with E-state index in [1.807, 2.05) is 0 Å². The fraction of sp³-hybridized carbons (Fsp3) is 0.143. The lowest BCUT2D eigenvalue weighted by atomic mass is 10.1. The van der Waals surface area contributed by atoms with Crippen LogP contribution < -0.4 is 4.74 Å². The van der Waals surface area contributed by atoms with Crippen LogP contribution in [0.2, 0.25) is 15.1 Å². The minimum absolute atomic E-state index is 0.0188. The van der Waals surface area contributed by atoms with Crippen molar-refractivity contribution in [3.05, 3.63) is 56.8 Å². The van der Waals surface area contributed by atoms with E-state index in [1.165, 1.54) is 24.3 Å². The third kappa shape index (κ3) is 3.36. The van der Waals surface area contributed by atoms with Crippen LogP contribution in [0.15, 0.2) is 30.3 Å². The molecule has 0 saturated carbocycles. The Morgan fingerprint density at radius 1 is 1.00 bits per heavy atom. The first kappa shape index (κ1) is 15.4. The molecule has 0 saturated heterocycles. The molecule has 0 radical (unpaired) electrons. The van der Waals surface area contributed by atoms with E-state index in [0.29, 0.717) is 5.56 Å². The zero-order chi connectivity index (χ0) is 14.9. The molecule has 106 valence electrons. The maximum atomic E-state index is 13.9. The number of ether oxygens (including phenoxy) is 1. The van der Waals surface area contributed by atoms with Crippen LogP contribution in [0.4, 0.5) is 4.39 Å². The lowest BCUT2D eigenvalue weighted by Crippen LogP contribution is -1.95. The predicted molar refractivity (Wildman–Crippen MR) is 78.6 cm³/mol. The van der Waals surface area contributed by atoms with Gasteiger partial charge in [-0.1, -0.05) is 40.9 Å². The highest BCUT2D eigenvalue weighted by atomic mass is 35.5. The number of hydrogen-bond donors (Lipinski definition) is 1. The van der Waals surface area contributed by atoms with Gasteiger partial charge in [0.25, 0.3) is 0 Å². The Balaban J connectivity index is 2.33. The van der Waals surface area contributed by atoms with Crippen LogP contribution in [0.1, 0.15) is 18.6 Å². The van der Waals surface area contributed by atoms with Gasteiger partial charge in [-0.05, 0) is 30.7 Å². The van der Waals surface area contributed by atoms with Crippen molar-refractivity contribution >= 4 is 34.8 Å². The smallest absolute Gasteiger partial charge is 0.166 e. The number of aliphatic hydroxyl groups is 1. The van der Waals surface area contributed by atoms with Crippen molar-refractivity contribution in [1.82, 2.24) is 0 Å². The second-order valence-electron chi connectivity index (χ2n) is 4.16. The number of rotatable bonds is 3. The van der Waals surface area contributed by atoms with E-state index in [9.17, 15) is 9.50 Å². The molecule has 0 bridgehead atoms. The monoisotopic (exact) mass is 334 g/mol.